The van der Waals surface area contributed by atoms with Crippen LogP contribution in [0.1, 0.15) is 29.5 Å². The Balaban J connectivity index is 2.06. The van der Waals surface area contributed by atoms with Gasteiger partial charge in [0.25, 0.3) is 0 Å². The van der Waals surface area contributed by atoms with E-state index in [0.29, 0.717) is 17.6 Å². The van der Waals surface area contributed by atoms with Gasteiger partial charge in [-0.2, -0.15) is 0 Å². The highest BCUT2D eigenvalue weighted by molar-refractivity contribution is 5.43. The Morgan fingerprint density at radius 1 is 1.16 bits per heavy atom. The normalized spacial score (nSPS) is 12.2. The Hall–Kier alpha value is -2.10. The van der Waals surface area contributed by atoms with Gasteiger partial charge >= 0.3 is 0 Å². The number of nitrogens with zero attached hydrogens (tertiary/aromatic N) is 2. The number of anilines is 1. The molecule has 1 heterocycles. The summed E-state index contributed by atoms with van der Waals surface area (Å²) in [5.74, 6) is 1.35. The summed E-state index contributed by atoms with van der Waals surface area (Å²) in [6, 6.07) is 5.85. The summed E-state index contributed by atoms with van der Waals surface area (Å²) in [4.78, 5) is 8.26. The SMILES string of the molecule is Cc1cc(C(C)CNc2ncccn2)cc(C)c1O. The second-order valence-electron chi connectivity index (χ2n) is 4.86. The van der Waals surface area contributed by atoms with Crippen molar-refractivity contribution in [1.29, 1.82) is 0 Å². The van der Waals surface area contributed by atoms with E-state index in [9.17, 15) is 5.11 Å². The van der Waals surface area contributed by atoms with Crippen LogP contribution in [0.2, 0.25) is 0 Å². The Labute approximate surface area is 113 Å². The number of aromatic hydroxyl groups is 1. The lowest BCUT2D eigenvalue weighted by atomic mass is 9.96. The largest absolute Gasteiger partial charge is 0.507 e. The van der Waals surface area contributed by atoms with Crippen molar-refractivity contribution in [2.75, 3.05) is 11.9 Å². The van der Waals surface area contributed by atoms with Crippen LogP contribution in [0, 0.1) is 13.8 Å². The molecule has 0 amide bonds. The van der Waals surface area contributed by atoms with Gasteiger partial charge in [-0.1, -0.05) is 19.1 Å². The first-order chi connectivity index (χ1) is 9.08. The quantitative estimate of drug-likeness (QED) is 0.884. The Bertz CT molecular complexity index is 532. The highest BCUT2D eigenvalue weighted by atomic mass is 16.3. The fourth-order valence-electron chi connectivity index (χ4n) is 2.03. The highest BCUT2D eigenvalue weighted by Gasteiger charge is 2.10. The first kappa shape index (κ1) is 13.3. The molecule has 1 aromatic heterocycles. The summed E-state index contributed by atoms with van der Waals surface area (Å²) in [5.41, 5.74) is 3.03. The van der Waals surface area contributed by atoms with E-state index in [1.54, 1.807) is 18.5 Å². The molecule has 0 aliphatic carbocycles. The lowest BCUT2D eigenvalue weighted by Crippen LogP contribution is -2.12. The molecular formula is C15H19N3O. The molecule has 0 aliphatic heterocycles. The summed E-state index contributed by atoms with van der Waals surface area (Å²) < 4.78 is 0. The van der Waals surface area contributed by atoms with E-state index in [4.69, 9.17) is 0 Å². The number of phenols is 1. The van der Waals surface area contributed by atoms with Crippen LogP contribution in [-0.4, -0.2) is 21.6 Å². The third kappa shape index (κ3) is 3.22. The number of aryl methyl sites for hydroxylation is 2. The zero-order valence-corrected chi connectivity index (χ0v) is 11.5. The minimum Gasteiger partial charge on any atom is -0.507 e. The van der Waals surface area contributed by atoms with Crippen molar-refractivity contribution >= 4 is 5.95 Å². The third-order valence-corrected chi connectivity index (χ3v) is 3.21. The van der Waals surface area contributed by atoms with E-state index in [-0.39, 0.29) is 0 Å². The van der Waals surface area contributed by atoms with Gasteiger partial charge in [-0.15, -0.1) is 0 Å². The zero-order valence-electron chi connectivity index (χ0n) is 11.5. The maximum atomic E-state index is 9.78. The molecule has 2 aromatic rings. The molecule has 0 saturated heterocycles. The summed E-state index contributed by atoms with van der Waals surface area (Å²) in [5, 5.41) is 13.0. The van der Waals surface area contributed by atoms with Crippen LogP contribution in [0.5, 0.6) is 5.75 Å². The topological polar surface area (TPSA) is 58.0 Å². The summed E-state index contributed by atoms with van der Waals surface area (Å²) in [6.45, 7) is 6.74. The molecule has 0 bridgehead atoms. The van der Waals surface area contributed by atoms with Crippen molar-refractivity contribution in [2.24, 2.45) is 0 Å². The highest BCUT2D eigenvalue weighted by Crippen LogP contribution is 2.26. The molecule has 0 saturated carbocycles. The minimum absolute atomic E-state index is 0.321. The fraction of sp³-hybridized carbons (Fsp3) is 0.333. The molecular weight excluding hydrogens is 238 g/mol. The van der Waals surface area contributed by atoms with Gasteiger partial charge in [-0.05, 0) is 42.5 Å². The average Bonchev–Trinajstić information content (AvgIpc) is 2.42. The zero-order chi connectivity index (χ0) is 13.8. The molecule has 0 radical (unpaired) electrons. The number of benzene rings is 1. The molecule has 1 unspecified atom stereocenters. The second kappa shape index (κ2) is 5.69. The van der Waals surface area contributed by atoms with E-state index in [2.05, 4.69) is 22.2 Å². The van der Waals surface area contributed by atoms with Gasteiger partial charge in [0, 0.05) is 18.9 Å². The van der Waals surface area contributed by atoms with Gasteiger partial charge < -0.3 is 10.4 Å². The predicted octanol–water partition coefficient (Wildman–Crippen LogP) is 3.01. The Morgan fingerprint density at radius 2 is 1.74 bits per heavy atom. The van der Waals surface area contributed by atoms with Crippen LogP contribution in [-0.2, 0) is 0 Å². The number of hydrogen-bond donors (Lipinski definition) is 2. The first-order valence-corrected chi connectivity index (χ1v) is 6.39. The van der Waals surface area contributed by atoms with E-state index in [1.165, 1.54) is 5.56 Å². The van der Waals surface area contributed by atoms with Crippen molar-refractivity contribution in [1.82, 2.24) is 9.97 Å². The average molecular weight is 257 g/mol. The van der Waals surface area contributed by atoms with Crippen molar-refractivity contribution < 1.29 is 5.11 Å². The Morgan fingerprint density at radius 3 is 2.32 bits per heavy atom. The molecule has 0 fully saturated rings. The minimum atomic E-state index is 0.321. The number of nitrogens with one attached hydrogen (secondary N) is 1. The third-order valence-electron chi connectivity index (χ3n) is 3.21. The Kier molecular flexibility index (Phi) is 4.00. The van der Waals surface area contributed by atoms with E-state index in [0.717, 1.165) is 17.7 Å². The number of phenolic OH excluding ortho intramolecular Hbond substituents is 1. The molecule has 100 valence electrons. The van der Waals surface area contributed by atoms with Gasteiger partial charge in [0.15, 0.2) is 0 Å². The molecule has 2 N–H and O–H groups in total. The van der Waals surface area contributed by atoms with Crippen molar-refractivity contribution in [3.8, 4) is 5.75 Å². The molecule has 4 nitrogen and oxygen atoms in total. The second-order valence-corrected chi connectivity index (χ2v) is 4.86. The monoisotopic (exact) mass is 257 g/mol. The van der Waals surface area contributed by atoms with Crippen molar-refractivity contribution in [2.45, 2.75) is 26.7 Å². The van der Waals surface area contributed by atoms with Crippen LogP contribution in [0.4, 0.5) is 5.95 Å². The van der Waals surface area contributed by atoms with Crippen LogP contribution >= 0.6 is 0 Å². The van der Waals surface area contributed by atoms with Crippen LogP contribution in [0.25, 0.3) is 0 Å². The van der Waals surface area contributed by atoms with Crippen LogP contribution in [0.15, 0.2) is 30.6 Å². The van der Waals surface area contributed by atoms with Gasteiger partial charge in [0.05, 0.1) is 0 Å². The van der Waals surface area contributed by atoms with Gasteiger partial charge in [0.1, 0.15) is 5.75 Å². The van der Waals surface area contributed by atoms with Crippen LogP contribution in [0.3, 0.4) is 0 Å². The first-order valence-electron chi connectivity index (χ1n) is 6.39. The standard InChI is InChI=1S/C15H19N3O/c1-10-7-13(8-11(2)14(10)19)12(3)9-18-15-16-5-4-6-17-15/h4-8,12,19H,9H2,1-3H3,(H,16,17,18). The van der Waals surface area contributed by atoms with Gasteiger partial charge in [0.2, 0.25) is 5.95 Å². The molecule has 0 spiro atoms. The van der Waals surface area contributed by atoms with Gasteiger partial charge in [-0.3, -0.25) is 0 Å². The van der Waals surface area contributed by atoms with Crippen molar-refractivity contribution in [3.63, 3.8) is 0 Å². The number of hydrogen-bond acceptors (Lipinski definition) is 4. The number of rotatable bonds is 4. The summed E-state index contributed by atoms with van der Waals surface area (Å²) >= 11 is 0. The van der Waals surface area contributed by atoms with Crippen LogP contribution < -0.4 is 5.32 Å². The lowest BCUT2D eigenvalue weighted by Gasteiger charge is -2.15. The molecule has 1 aromatic carbocycles. The smallest absolute Gasteiger partial charge is 0.222 e. The maximum absolute atomic E-state index is 9.78. The summed E-state index contributed by atoms with van der Waals surface area (Å²) in [7, 11) is 0. The van der Waals surface area contributed by atoms with E-state index < -0.39 is 0 Å². The maximum Gasteiger partial charge on any atom is 0.222 e. The van der Waals surface area contributed by atoms with Crippen molar-refractivity contribution in [3.05, 3.63) is 47.3 Å². The van der Waals surface area contributed by atoms with E-state index >= 15 is 0 Å². The molecule has 4 heteroatoms. The molecule has 1 atom stereocenters. The summed E-state index contributed by atoms with van der Waals surface area (Å²) in [6.07, 6.45) is 3.43. The lowest BCUT2D eigenvalue weighted by molar-refractivity contribution is 0.466. The molecule has 0 aliphatic rings. The fourth-order valence-corrected chi connectivity index (χ4v) is 2.03. The van der Waals surface area contributed by atoms with E-state index in [1.807, 2.05) is 26.0 Å². The van der Waals surface area contributed by atoms with Gasteiger partial charge in [-0.25, -0.2) is 9.97 Å². The molecule has 2 rings (SSSR count). The number of aromatic nitrogens is 2. The molecule has 19 heavy (non-hydrogen) atoms. The predicted molar refractivity (Wildman–Crippen MR) is 76.5 cm³/mol.